The highest BCUT2D eigenvalue weighted by atomic mass is 79.9. The Morgan fingerprint density at radius 1 is 1.17 bits per heavy atom. The summed E-state index contributed by atoms with van der Waals surface area (Å²) in [4.78, 5) is 14.9. The van der Waals surface area contributed by atoms with Gasteiger partial charge in [0.2, 0.25) is 0 Å². The number of nitrogens with zero attached hydrogens (tertiary/aromatic N) is 1. The van der Waals surface area contributed by atoms with Crippen LogP contribution in [0.25, 0.3) is 0 Å². The van der Waals surface area contributed by atoms with Gasteiger partial charge in [0, 0.05) is 23.3 Å². The molecular formula is C18H18BrNO3S. The molecule has 1 aliphatic rings. The lowest BCUT2D eigenvalue weighted by Gasteiger charge is -2.23. The molecule has 126 valence electrons. The normalized spacial score (nSPS) is 14.4. The summed E-state index contributed by atoms with van der Waals surface area (Å²) in [5, 5.41) is 0. The van der Waals surface area contributed by atoms with Crippen LogP contribution >= 0.6 is 15.9 Å². The molecule has 0 saturated heterocycles. The minimum Gasteiger partial charge on any atom is -0.331 e. The fourth-order valence-corrected chi connectivity index (χ4v) is 4.03. The van der Waals surface area contributed by atoms with E-state index in [0.717, 1.165) is 29.1 Å². The highest BCUT2D eigenvalue weighted by molar-refractivity contribution is 9.10. The first-order valence-corrected chi connectivity index (χ1v) is 10.4. The zero-order valence-electron chi connectivity index (χ0n) is 13.3. The Labute approximate surface area is 150 Å². The molecule has 4 nitrogen and oxygen atoms in total. The summed E-state index contributed by atoms with van der Waals surface area (Å²) in [6, 6.07) is 14.4. The van der Waals surface area contributed by atoms with Crippen LogP contribution in [-0.4, -0.2) is 31.5 Å². The van der Waals surface area contributed by atoms with Gasteiger partial charge < -0.3 is 4.90 Å². The van der Waals surface area contributed by atoms with Crippen LogP contribution in [0.5, 0.6) is 0 Å². The number of rotatable bonds is 5. The highest BCUT2D eigenvalue weighted by Gasteiger charge is 2.34. The number of carbonyl (C=O) groups is 1. The Morgan fingerprint density at radius 2 is 1.88 bits per heavy atom. The summed E-state index contributed by atoms with van der Waals surface area (Å²) >= 11 is 3.44. The van der Waals surface area contributed by atoms with Gasteiger partial charge in [0.15, 0.2) is 9.84 Å². The monoisotopic (exact) mass is 407 g/mol. The van der Waals surface area contributed by atoms with Crippen LogP contribution in [0.3, 0.4) is 0 Å². The number of halogens is 1. The zero-order valence-corrected chi connectivity index (χ0v) is 15.7. The van der Waals surface area contributed by atoms with E-state index in [0.29, 0.717) is 6.54 Å². The Hall–Kier alpha value is -1.66. The first kappa shape index (κ1) is 17.2. The van der Waals surface area contributed by atoms with Gasteiger partial charge in [-0.15, -0.1) is 0 Å². The summed E-state index contributed by atoms with van der Waals surface area (Å²) < 4.78 is 24.9. The van der Waals surface area contributed by atoms with E-state index >= 15 is 0 Å². The predicted molar refractivity (Wildman–Crippen MR) is 96.6 cm³/mol. The van der Waals surface area contributed by atoms with E-state index in [2.05, 4.69) is 15.9 Å². The molecule has 1 amide bonds. The largest absolute Gasteiger partial charge is 0.331 e. The van der Waals surface area contributed by atoms with E-state index < -0.39 is 9.84 Å². The fraction of sp³-hybridized carbons (Fsp3) is 0.278. The van der Waals surface area contributed by atoms with Crippen molar-refractivity contribution in [3.8, 4) is 0 Å². The molecule has 1 fully saturated rings. The van der Waals surface area contributed by atoms with Crippen molar-refractivity contribution < 1.29 is 13.2 Å². The molecule has 24 heavy (non-hydrogen) atoms. The van der Waals surface area contributed by atoms with Gasteiger partial charge in [-0.2, -0.15) is 0 Å². The quantitative estimate of drug-likeness (QED) is 0.759. The van der Waals surface area contributed by atoms with Crippen LogP contribution in [0.4, 0.5) is 0 Å². The van der Waals surface area contributed by atoms with Gasteiger partial charge in [-0.1, -0.05) is 40.2 Å². The maximum Gasteiger partial charge on any atom is 0.255 e. The fourth-order valence-electron chi connectivity index (χ4n) is 2.71. The van der Waals surface area contributed by atoms with Gasteiger partial charge in [-0.25, -0.2) is 8.42 Å². The number of sulfone groups is 1. The molecule has 3 rings (SSSR count). The van der Waals surface area contributed by atoms with Gasteiger partial charge in [-0.05, 0) is 42.7 Å². The van der Waals surface area contributed by atoms with Crippen LogP contribution < -0.4 is 0 Å². The zero-order chi connectivity index (χ0) is 17.3. The molecule has 0 N–H and O–H groups in total. The third-order valence-electron chi connectivity index (χ3n) is 4.01. The Balaban J connectivity index is 1.94. The minimum absolute atomic E-state index is 0.0925. The summed E-state index contributed by atoms with van der Waals surface area (Å²) in [6.45, 7) is 0.473. The lowest BCUT2D eigenvalue weighted by molar-refractivity contribution is 0.0726. The molecule has 2 aromatic rings. The van der Waals surface area contributed by atoms with Crippen LogP contribution in [0.1, 0.15) is 28.8 Å². The van der Waals surface area contributed by atoms with E-state index in [1.54, 1.807) is 23.1 Å². The van der Waals surface area contributed by atoms with Crippen molar-refractivity contribution in [2.24, 2.45) is 0 Å². The molecule has 0 radical (unpaired) electrons. The van der Waals surface area contributed by atoms with Crippen LogP contribution in [0.15, 0.2) is 57.9 Å². The molecule has 1 saturated carbocycles. The summed E-state index contributed by atoms with van der Waals surface area (Å²) in [5.74, 6) is -0.224. The average Bonchev–Trinajstić information content (AvgIpc) is 3.36. The topological polar surface area (TPSA) is 54.5 Å². The molecule has 0 atom stereocenters. The highest BCUT2D eigenvalue weighted by Crippen LogP contribution is 2.31. The summed E-state index contributed by atoms with van der Waals surface area (Å²) in [5.41, 5.74) is 1.27. The molecule has 0 heterocycles. The maximum absolute atomic E-state index is 13.0. The molecular weight excluding hydrogens is 390 g/mol. The Kier molecular flexibility index (Phi) is 4.78. The van der Waals surface area contributed by atoms with E-state index in [1.807, 2.05) is 24.3 Å². The SMILES string of the molecule is CS(=O)(=O)c1ccccc1C(=O)N(Cc1cccc(Br)c1)C1CC1. The van der Waals surface area contributed by atoms with E-state index in [-0.39, 0.29) is 22.4 Å². The predicted octanol–water partition coefficient (Wildman–Crippen LogP) is 3.66. The third-order valence-corrected chi connectivity index (χ3v) is 5.66. The molecule has 0 unspecified atom stereocenters. The number of hydrogen-bond donors (Lipinski definition) is 0. The second kappa shape index (κ2) is 6.69. The van der Waals surface area contributed by atoms with Crippen LogP contribution in [0, 0.1) is 0 Å². The van der Waals surface area contributed by atoms with Crippen molar-refractivity contribution in [1.29, 1.82) is 0 Å². The third kappa shape index (κ3) is 3.87. The van der Waals surface area contributed by atoms with Crippen LogP contribution in [0.2, 0.25) is 0 Å². The van der Waals surface area contributed by atoms with Gasteiger partial charge in [0.05, 0.1) is 10.5 Å². The van der Waals surface area contributed by atoms with Gasteiger partial charge in [0.1, 0.15) is 0 Å². The van der Waals surface area contributed by atoms with Crippen molar-refractivity contribution in [2.45, 2.75) is 30.3 Å². The molecule has 0 spiro atoms. The van der Waals surface area contributed by atoms with E-state index in [1.165, 1.54) is 6.07 Å². The average molecular weight is 408 g/mol. The van der Waals surface area contributed by atoms with Crippen molar-refractivity contribution in [1.82, 2.24) is 4.90 Å². The smallest absolute Gasteiger partial charge is 0.255 e. The van der Waals surface area contributed by atoms with Crippen molar-refractivity contribution in [3.05, 3.63) is 64.1 Å². The second-order valence-corrected chi connectivity index (χ2v) is 8.96. The number of hydrogen-bond acceptors (Lipinski definition) is 3. The second-order valence-electron chi connectivity index (χ2n) is 6.06. The lowest BCUT2D eigenvalue weighted by atomic mass is 10.1. The standard InChI is InChI=1S/C18H18BrNO3S/c1-24(22,23)17-8-3-2-7-16(17)18(21)20(15-9-10-15)12-13-5-4-6-14(19)11-13/h2-8,11,15H,9-10,12H2,1H3. The number of carbonyl (C=O) groups excluding carboxylic acids is 1. The minimum atomic E-state index is -3.45. The lowest BCUT2D eigenvalue weighted by Crippen LogP contribution is -2.33. The molecule has 0 aliphatic heterocycles. The van der Waals surface area contributed by atoms with Gasteiger partial charge >= 0.3 is 0 Å². The first-order chi connectivity index (χ1) is 11.4. The molecule has 0 bridgehead atoms. The number of benzene rings is 2. The van der Waals surface area contributed by atoms with Crippen molar-refractivity contribution in [3.63, 3.8) is 0 Å². The van der Waals surface area contributed by atoms with Crippen LogP contribution in [-0.2, 0) is 16.4 Å². The summed E-state index contributed by atoms with van der Waals surface area (Å²) in [6.07, 6.45) is 3.05. The molecule has 6 heteroatoms. The molecule has 0 aromatic heterocycles. The van der Waals surface area contributed by atoms with Gasteiger partial charge in [-0.3, -0.25) is 4.79 Å². The Morgan fingerprint density at radius 3 is 2.50 bits per heavy atom. The van der Waals surface area contributed by atoms with Crippen molar-refractivity contribution in [2.75, 3.05) is 6.26 Å². The van der Waals surface area contributed by atoms with Crippen molar-refractivity contribution >= 4 is 31.7 Å². The first-order valence-electron chi connectivity index (χ1n) is 7.71. The summed E-state index contributed by atoms with van der Waals surface area (Å²) in [7, 11) is -3.45. The van der Waals surface area contributed by atoms with E-state index in [9.17, 15) is 13.2 Å². The Bertz CT molecular complexity index is 875. The number of amides is 1. The molecule has 2 aromatic carbocycles. The van der Waals surface area contributed by atoms with Gasteiger partial charge in [0.25, 0.3) is 5.91 Å². The van der Waals surface area contributed by atoms with E-state index in [4.69, 9.17) is 0 Å². The molecule has 1 aliphatic carbocycles. The maximum atomic E-state index is 13.0.